The first-order chi connectivity index (χ1) is 15.9. The van der Waals surface area contributed by atoms with Gasteiger partial charge >= 0.3 is 5.97 Å². The van der Waals surface area contributed by atoms with Crippen molar-refractivity contribution in [3.63, 3.8) is 0 Å². The second kappa shape index (κ2) is 9.22. The van der Waals surface area contributed by atoms with E-state index in [1.165, 1.54) is 12.4 Å². The minimum Gasteiger partial charge on any atom is -0.475 e. The minimum atomic E-state index is -1.21. The molecule has 4 rings (SSSR count). The lowest BCUT2D eigenvalue weighted by molar-refractivity contribution is 0.0683. The van der Waals surface area contributed by atoms with Crippen LogP contribution in [0.5, 0.6) is 0 Å². The highest BCUT2D eigenvalue weighted by molar-refractivity contribution is 6.04. The molecule has 1 aromatic carbocycles. The number of nitrogens with one attached hydrogen (secondary N) is 2. The Morgan fingerprint density at radius 3 is 2.52 bits per heavy atom. The number of hydrogen-bond acceptors (Lipinski definition) is 8. The second-order valence-corrected chi connectivity index (χ2v) is 7.32. The highest BCUT2D eigenvalue weighted by Crippen LogP contribution is 2.21. The molecule has 11 nitrogen and oxygen atoms in total. The fourth-order valence-corrected chi connectivity index (χ4v) is 3.03. The monoisotopic (exact) mass is 444 g/mol. The number of amides is 1. The number of pyridine rings is 1. The third-order valence-electron chi connectivity index (χ3n) is 4.61. The van der Waals surface area contributed by atoms with Gasteiger partial charge in [-0.15, -0.1) is 10.2 Å². The van der Waals surface area contributed by atoms with E-state index in [1.54, 1.807) is 48.8 Å². The first-order valence-corrected chi connectivity index (χ1v) is 10.0. The van der Waals surface area contributed by atoms with Gasteiger partial charge in [-0.25, -0.2) is 19.7 Å². The largest absolute Gasteiger partial charge is 0.475 e. The lowest BCUT2D eigenvalue weighted by Crippen LogP contribution is -2.13. The number of carboxylic acid groups (broad SMARTS) is 1. The maximum atomic E-state index is 12.8. The first kappa shape index (κ1) is 21.6. The number of carboxylic acids is 1. The summed E-state index contributed by atoms with van der Waals surface area (Å²) in [6.45, 7) is 4.04. The summed E-state index contributed by atoms with van der Waals surface area (Å²) in [6, 6.07) is 12.3. The molecule has 0 bridgehead atoms. The summed E-state index contributed by atoms with van der Waals surface area (Å²) in [5, 5.41) is 22.8. The average molecular weight is 444 g/mol. The van der Waals surface area contributed by atoms with Crippen LogP contribution >= 0.6 is 0 Å². The van der Waals surface area contributed by atoms with Crippen LogP contribution in [0.15, 0.2) is 61.2 Å². The van der Waals surface area contributed by atoms with Crippen molar-refractivity contribution in [2.24, 2.45) is 0 Å². The number of nitrogens with zero attached hydrogens (tertiary/aromatic N) is 6. The van der Waals surface area contributed by atoms with E-state index in [0.29, 0.717) is 34.3 Å². The van der Waals surface area contributed by atoms with Gasteiger partial charge in [0, 0.05) is 17.3 Å². The van der Waals surface area contributed by atoms with Gasteiger partial charge in [0.25, 0.3) is 5.91 Å². The fraction of sp³-hybridized carbons (Fsp3) is 0.136. The van der Waals surface area contributed by atoms with Crippen LogP contribution < -0.4 is 10.6 Å². The number of carbonyl (C=O) groups is 2. The molecular weight excluding hydrogens is 424 g/mol. The van der Waals surface area contributed by atoms with E-state index >= 15 is 0 Å². The number of benzene rings is 1. The van der Waals surface area contributed by atoms with Crippen molar-refractivity contribution in [1.82, 2.24) is 29.7 Å². The number of rotatable bonds is 7. The van der Waals surface area contributed by atoms with E-state index in [4.69, 9.17) is 5.11 Å². The number of carbonyl (C=O) groups excluding carboxylic acids is 1. The lowest BCUT2D eigenvalue weighted by Gasteiger charge is -2.11. The third-order valence-corrected chi connectivity index (χ3v) is 4.61. The average Bonchev–Trinajstić information content (AvgIpc) is 3.30. The molecule has 0 aliphatic carbocycles. The zero-order chi connectivity index (χ0) is 23.4. The Morgan fingerprint density at radius 2 is 1.79 bits per heavy atom. The van der Waals surface area contributed by atoms with Crippen molar-refractivity contribution >= 4 is 29.1 Å². The number of anilines is 3. The van der Waals surface area contributed by atoms with E-state index in [-0.39, 0.29) is 17.8 Å². The van der Waals surface area contributed by atoms with Crippen LogP contribution in [-0.2, 0) is 0 Å². The summed E-state index contributed by atoms with van der Waals surface area (Å²) in [6.07, 6.45) is 4.36. The van der Waals surface area contributed by atoms with E-state index in [1.807, 2.05) is 18.4 Å². The van der Waals surface area contributed by atoms with Crippen LogP contribution in [0.2, 0.25) is 0 Å². The first-order valence-electron chi connectivity index (χ1n) is 10.0. The number of aromatic nitrogens is 6. The van der Waals surface area contributed by atoms with Gasteiger partial charge in [-0.1, -0.05) is 12.1 Å². The van der Waals surface area contributed by atoms with E-state index in [2.05, 4.69) is 35.8 Å². The smallest absolute Gasteiger partial charge is 0.373 e. The van der Waals surface area contributed by atoms with Crippen molar-refractivity contribution in [3.05, 3.63) is 72.6 Å². The Hall–Kier alpha value is -4.67. The molecule has 0 saturated carbocycles. The van der Waals surface area contributed by atoms with Gasteiger partial charge in [0.1, 0.15) is 17.8 Å². The molecule has 0 spiro atoms. The number of aromatic carboxylic acids is 1. The maximum Gasteiger partial charge on any atom is 0.373 e. The molecule has 0 saturated heterocycles. The van der Waals surface area contributed by atoms with Crippen LogP contribution in [0.1, 0.15) is 40.9 Å². The molecule has 4 aromatic rings. The summed E-state index contributed by atoms with van der Waals surface area (Å²) >= 11 is 0. The molecule has 3 N–H and O–H groups in total. The molecule has 3 heterocycles. The molecule has 33 heavy (non-hydrogen) atoms. The quantitative estimate of drug-likeness (QED) is 0.390. The van der Waals surface area contributed by atoms with Crippen molar-refractivity contribution in [2.45, 2.75) is 19.9 Å². The van der Waals surface area contributed by atoms with Gasteiger partial charge < -0.3 is 20.3 Å². The molecule has 1 amide bonds. The minimum absolute atomic E-state index is 0.163. The molecule has 0 aliphatic heterocycles. The number of hydrogen-bond donors (Lipinski definition) is 3. The highest BCUT2D eigenvalue weighted by Gasteiger charge is 2.13. The van der Waals surface area contributed by atoms with E-state index in [0.717, 1.165) is 0 Å². The standard InChI is InChI=1S/C22H20N8O3/c1-13(2)30-12-25-29-20(30)17-7-4-8-18(27-17)28-21(31)14-5-3-6-15(9-14)26-16-10-23-19(22(32)33)24-11-16/h3-13,26H,1-2H3,(H,32,33)(H,27,28,31). The molecule has 3 aromatic heterocycles. The van der Waals surface area contributed by atoms with Gasteiger partial charge in [0.15, 0.2) is 5.82 Å². The van der Waals surface area contributed by atoms with Crippen molar-refractivity contribution in [3.8, 4) is 11.5 Å². The summed E-state index contributed by atoms with van der Waals surface area (Å²) in [4.78, 5) is 35.7. The van der Waals surface area contributed by atoms with Crippen molar-refractivity contribution < 1.29 is 14.7 Å². The summed E-state index contributed by atoms with van der Waals surface area (Å²) in [5.74, 6) is -0.848. The van der Waals surface area contributed by atoms with Crippen molar-refractivity contribution in [2.75, 3.05) is 10.6 Å². The summed E-state index contributed by atoms with van der Waals surface area (Å²) < 4.78 is 1.90. The Morgan fingerprint density at radius 1 is 1.03 bits per heavy atom. The predicted octanol–water partition coefficient (Wildman–Crippen LogP) is 3.41. The van der Waals surface area contributed by atoms with Crippen LogP contribution in [0.4, 0.5) is 17.2 Å². The molecule has 11 heteroatoms. The highest BCUT2D eigenvalue weighted by atomic mass is 16.4. The Labute approximate surface area is 188 Å². The van der Waals surface area contributed by atoms with Gasteiger partial charge in [0.2, 0.25) is 5.82 Å². The molecule has 0 unspecified atom stereocenters. The Balaban J connectivity index is 1.49. The molecule has 0 atom stereocenters. The summed E-state index contributed by atoms with van der Waals surface area (Å²) in [7, 11) is 0. The SMILES string of the molecule is CC(C)n1cnnc1-c1cccc(NC(=O)c2cccc(Nc3cnc(C(=O)O)nc3)c2)n1. The Bertz CT molecular complexity index is 1300. The van der Waals surface area contributed by atoms with E-state index < -0.39 is 5.97 Å². The zero-order valence-electron chi connectivity index (χ0n) is 17.8. The third kappa shape index (κ3) is 4.98. The lowest BCUT2D eigenvalue weighted by atomic mass is 10.2. The van der Waals surface area contributed by atoms with Crippen LogP contribution in [0.3, 0.4) is 0 Å². The molecule has 0 aliphatic rings. The van der Waals surface area contributed by atoms with Gasteiger partial charge in [-0.05, 0) is 44.2 Å². The maximum absolute atomic E-state index is 12.8. The normalized spacial score (nSPS) is 10.8. The Kier molecular flexibility index (Phi) is 6.02. The predicted molar refractivity (Wildman–Crippen MR) is 120 cm³/mol. The van der Waals surface area contributed by atoms with E-state index in [9.17, 15) is 9.59 Å². The van der Waals surface area contributed by atoms with Gasteiger partial charge in [0.05, 0.1) is 18.1 Å². The zero-order valence-corrected chi connectivity index (χ0v) is 17.8. The van der Waals surface area contributed by atoms with Crippen LogP contribution in [0, 0.1) is 0 Å². The van der Waals surface area contributed by atoms with Crippen molar-refractivity contribution in [1.29, 1.82) is 0 Å². The van der Waals surface area contributed by atoms with Gasteiger partial charge in [-0.2, -0.15) is 0 Å². The van der Waals surface area contributed by atoms with Crippen LogP contribution in [0.25, 0.3) is 11.5 Å². The molecular formula is C22H20N8O3. The molecule has 166 valence electrons. The second-order valence-electron chi connectivity index (χ2n) is 7.32. The summed E-state index contributed by atoms with van der Waals surface area (Å²) in [5.41, 5.74) is 2.10. The molecule has 0 fully saturated rings. The fourth-order valence-electron chi connectivity index (χ4n) is 3.03. The topological polar surface area (TPSA) is 148 Å². The van der Waals surface area contributed by atoms with Gasteiger partial charge in [-0.3, -0.25) is 4.79 Å². The molecule has 0 radical (unpaired) electrons. The van der Waals surface area contributed by atoms with Crippen LogP contribution in [-0.4, -0.2) is 46.7 Å².